The zero-order valence-corrected chi connectivity index (χ0v) is 16.9. The summed E-state index contributed by atoms with van der Waals surface area (Å²) < 4.78 is 51.1. The highest BCUT2D eigenvalue weighted by Crippen LogP contribution is 2.22. The second-order valence-electron chi connectivity index (χ2n) is 6.52. The normalized spacial score (nSPS) is 15.1. The van der Waals surface area contributed by atoms with Gasteiger partial charge >= 0.3 is 0 Å². The Bertz CT molecular complexity index is 957. The molecule has 2 aromatic carbocycles. The van der Waals surface area contributed by atoms with Crippen LogP contribution in [0.15, 0.2) is 47.4 Å². The third-order valence-electron chi connectivity index (χ3n) is 4.64. The zero-order valence-electron chi connectivity index (χ0n) is 16.1. The number of nitrogens with zero attached hydrogens (tertiary/aromatic N) is 1. The van der Waals surface area contributed by atoms with Gasteiger partial charge in [-0.15, -0.1) is 0 Å². The van der Waals surface area contributed by atoms with E-state index in [1.807, 2.05) is 24.3 Å². The molecular formula is C20H23FN2O5S. The number of morpholine rings is 1. The first kappa shape index (κ1) is 21.2. The van der Waals surface area contributed by atoms with Gasteiger partial charge in [0.2, 0.25) is 10.0 Å². The molecule has 1 aliphatic heterocycles. The van der Waals surface area contributed by atoms with Gasteiger partial charge in [-0.1, -0.05) is 12.1 Å². The minimum absolute atomic E-state index is 0.0907. The lowest BCUT2D eigenvalue weighted by atomic mass is 10.1. The van der Waals surface area contributed by atoms with E-state index in [1.165, 1.54) is 10.4 Å². The number of amides is 1. The number of methoxy groups -OCH3 is 1. The molecule has 0 spiro atoms. The van der Waals surface area contributed by atoms with Crippen molar-refractivity contribution >= 4 is 15.9 Å². The highest BCUT2D eigenvalue weighted by atomic mass is 32.2. The Morgan fingerprint density at radius 3 is 2.52 bits per heavy atom. The fourth-order valence-corrected chi connectivity index (χ4v) is 4.48. The largest absolute Gasteiger partial charge is 0.497 e. The van der Waals surface area contributed by atoms with Crippen LogP contribution in [0, 0.1) is 5.82 Å². The molecule has 1 saturated heterocycles. The number of nitrogens with one attached hydrogen (secondary N) is 1. The van der Waals surface area contributed by atoms with Crippen molar-refractivity contribution in [1.29, 1.82) is 0 Å². The summed E-state index contributed by atoms with van der Waals surface area (Å²) in [5.74, 6) is -0.596. The van der Waals surface area contributed by atoms with Gasteiger partial charge in [0.15, 0.2) is 0 Å². The summed E-state index contributed by atoms with van der Waals surface area (Å²) in [6, 6.07) is 10.8. The van der Waals surface area contributed by atoms with E-state index >= 15 is 0 Å². The summed E-state index contributed by atoms with van der Waals surface area (Å²) in [4.78, 5) is 11.9. The van der Waals surface area contributed by atoms with Gasteiger partial charge in [0.25, 0.3) is 5.91 Å². The van der Waals surface area contributed by atoms with Gasteiger partial charge in [-0.2, -0.15) is 4.31 Å². The molecule has 1 N–H and O–H groups in total. The van der Waals surface area contributed by atoms with Gasteiger partial charge in [0.1, 0.15) is 16.5 Å². The number of benzene rings is 2. The van der Waals surface area contributed by atoms with Crippen LogP contribution >= 0.6 is 0 Å². The maximum absolute atomic E-state index is 14.2. The SMILES string of the molecule is COc1ccc(CCNC(=O)c2ccc(F)c(S(=O)(=O)N3CCOCC3)c2)cc1. The summed E-state index contributed by atoms with van der Waals surface area (Å²) >= 11 is 0. The minimum atomic E-state index is -4.03. The van der Waals surface area contributed by atoms with Crippen molar-refractivity contribution in [3.05, 3.63) is 59.4 Å². The van der Waals surface area contributed by atoms with Crippen LogP contribution in [0.5, 0.6) is 5.75 Å². The summed E-state index contributed by atoms with van der Waals surface area (Å²) in [7, 11) is -2.44. The number of sulfonamides is 1. The number of carbonyl (C=O) groups is 1. The molecule has 0 unspecified atom stereocenters. The van der Waals surface area contributed by atoms with Crippen LogP contribution in [0.2, 0.25) is 0 Å². The summed E-state index contributed by atoms with van der Waals surface area (Å²) in [5, 5.41) is 2.73. The van der Waals surface area contributed by atoms with E-state index < -0.39 is 26.6 Å². The molecule has 3 rings (SSSR count). The zero-order chi connectivity index (χ0) is 20.9. The van der Waals surface area contributed by atoms with Gasteiger partial charge in [-0.3, -0.25) is 4.79 Å². The van der Waals surface area contributed by atoms with Gasteiger partial charge in [0, 0.05) is 25.2 Å². The molecule has 1 amide bonds. The summed E-state index contributed by atoms with van der Waals surface area (Å²) in [6.45, 7) is 1.17. The molecule has 0 saturated carbocycles. The predicted molar refractivity (Wildman–Crippen MR) is 105 cm³/mol. The van der Waals surface area contributed by atoms with Crippen molar-refractivity contribution < 1.29 is 27.1 Å². The standard InChI is InChI=1S/C20H23FN2O5S/c1-27-17-5-2-15(3-6-17)8-9-22-20(24)16-4-7-18(21)19(14-16)29(25,26)23-10-12-28-13-11-23/h2-7,14H,8-13H2,1H3,(H,22,24). The molecule has 29 heavy (non-hydrogen) atoms. The molecule has 1 heterocycles. The first-order chi connectivity index (χ1) is 13.9. The highest BCUT2D eigenvalue weighted by molar-refractivity contribution is 7.89. The van der Waals surface area contributed by atoms with Crippen LogP contribution in [0.25, 0.3) is 0 Å². The maximum Gasteiger partial charge on any atom is 0.251 e. The van der Waals surface area contributed by atoms with Crippen LogP contribution in [0.3, 0.4) is 0 Å². The number of halogens is 1. The summed E-state index contributed by atoms with van der Waals surface area (Å²) in [5.41, 5.74) is 1.11. The van der Waals surface area contributed by atoms with Crippen LogP contribution in [0.4, 0.5) is 4.39 Å². The first-order valence-electron chi connectivity index (χ1n) is 9.20. The molecule has 1 fully saturated rings. The van der Waals surface area contributed by atoms with Gasteiger partial charge < -0.3 is 14.8 Å². The number of hydrogen-bond donors (Lipinski definition) is 1. The highest BCUT2D eigenvalue weighted by Gasteiger charge is 2.29. The van der Waals surface area contributed by atoms with Gasteiger partial charge in [-0.05, 0) is 42.3 Å². The second kappa shape index (κ2) is 9.34. The second-order valence-corrected chi connectivity index (χ2v) is 8.42. The fraction of sp³-hybridized carbons (Fsp3) is 0.350. The number of ether oxygens (including phenoxy) is 2. The lowest BCUT2D eigenvalue weighted by Crippen LogP contribution is -2.41. The average Bonchev–Trinajstić information content (AvgIpc) is 2.75. The predicted octanol–water partition coefficient (Wildman–Crippen LogP) is 1.83. The number of carbonyl (C=O) groups excluding carboxylic acids is 1. The van der Waals surface area contributed by atoms with Crippen molar-refractivity contribution in [2.24, 2.45) is 0 Å². The Kier molecular flexibility index (Phi) is 6.83. The first-order valence-corrected chi connectivity index (χ1v) is 10.6. The smallest absolute Gasteiger partial charge is 0.251 e. The van der Waals surface area contributed by atoms with Crippen molar-refractivity contribution in [2.45, 2.75) is 11.3 Å². The van der Waals surface area contributed by atoms with Crippen molar-refractivity contribution in [3.8, 4) is 5.75 Å². The van der Waals surface area contributed by atoms with Crippen LogP contribution in [0.1, 0.15) is 15.9 Å². The van der Waals surface area contributed by atoms with Crippen molar-refractivity contribution in [1.82, 2.24) is 9.62 Å². The lowest BCUT2D eigenvalue weighted by molar-refractivity contribution is 0.0729. The fourth-order valence-electron chi connectivity index (χ4n) is 2.98. The Morgan fingerprint density at radius 1 is 1.17 bits per heavy atom. The molecule has 156 valence electrons. The third kappa shape index (κ3) is 5.11. The van der Waals surface area contributed by atoms with Crippen LogP contribution in [-0.2, 0) is 21.2 Å². The Hall–Kier alpha value is -2.49. The quantitative estimate of drug-likeness (QED) is 0.736. The van der Waals surface area contributed by atoms with Crippen molar-refractivity contribution in [3.63, 3.8) is 0 Å². The van der Waals surface area contributed by atoms with Gasteiger partial charge in [-0.25, -0.2) is 12.8 Å². The van der Waals surface area contributed by atoms with E-state index in [1.54, 1.807) is 7.11 Å². The van der Waals surface area contributed by atoms with E-state index in [-0.39, 0.29) is 31.9 Å². The Labute approximate surface area is 169 Å². The molecule has 9 heteroatoms. The molecular weight excluding hydrogens is 399 g/mol. The lowest BCUT2D eigenvalue weighted by Gasteiger charge is -2.26. The van der Waals surface area contributed by atoms with Gasteiger partial charge in [0.05, 0.1) is 20.3 Å². The van der Waals surface area contributed by atoms with E-state index in [9.17, 15) is 17.6 Å². The Balaban J connectivity index is 1.67. The monoisotopic (exact) mass is 422 g/mol. The molecule has 0 radical (unpaired) electrons. The van der Waals surface area contributed by atoms with Crippen molar-refractivity contribution in [2.75, 3.05) is 40.0 Å². The molecule has 0 bridgehead atoms. The average molecular weight is 422 g/mol. The van der Waals surface area contributed by atoms with E-state index in [0.717, 1.165) is 23.4 Å². The van der Waals surface area contributed by atoms with Crippen LogP contribution in [-0.4, -0.2) is 58.6 Å². The minimum Gasteiger partial charge on any atom is -0.497 e. The third-order valence-corrected chi connectivity index (χ3v) is 6.55. The molecule has 1 aliphatic rings. The Morgan fingerprint density at radius 2 is 1.86 bits per heavy atom. The molecule has 0 aromatic heterocycles. The van der Waals surface area contributed by atoms with E-state index in [0.29, 0.717) is 13.0 Å². The maximum atomic E-state index is 14.2. The number of hydrogen-bond acceptors (Lipinski definition) is 5. The summed E-state index contributed by atoms with van der Waals surface area (Å²) in [6.07, 6.45) is 0.593. The van der Waals surface area contributed by atoms with Crippen LogP contribution < -0.4 is 10.1 Å². The molecule has 0 aliphatic carbocycles. The van der Waals surface area contributed by atoms with E-state index in [2.05, 4.69) is 5.32 Å². The molecule has 0 atom stereocenters. The number of rotatable bonds is 7. The topological polar surface area (TPSA) is 84.9 Å². The van der Waals surface area contributed by atoms with E-state index in [4.69, 9.17) is 9.47 Å². The molecule has 2 aromatic rings. The molecule has 7 nitrogen and oxygen atoms in total.